The molecule has 2 nitrogen and oxygen atoms in total. The van der Waals surface area contributed by atoms with Crippen LogP contribution < -0.4 is 0 Å². The van der Waals surface area contributed by atoms with Gasteiger partial charge in [-0.1, -0.05) is 110 Å². The fraction of sp³-hybridized carbons (Fsp3) is 0.611. The molecule has 0 bridgehead atoms. The number of aliphatic imine (C=N–C) groups is 2. The third-order valence-corrected chi connectivity index (χ3v) is 9.37. The molecular weight excluding hydrogens is 460 g/mol. The van der Waals surface area contributed by atoms with E-state index in [0.717, 1.165) is 50.4 Å². The normalized spacial score (nSPS) is 17.9. The van der Waals surface area contributed by atoms with E-state index in [4.69, 9.17) is 9.98 Å². The monoisotopic (exact) mass is 512 g/mol. The van der Waals surface area contributed by atoms with E-state index in [1.165, 1.54) is 96.1 Å². The summed E-state index contributed by atoms with van der Waals surface area (Å²) in [5.41, 5.74) is 10.9. The minimum absolute atomic E-state index is 0.356. The number of nitrogens with zero attached hydrogens (tertiary/aromatic N) is 2. The van der Waals surface area contributed by atoms with Crippen molar-refractivity contribution in [1.82, 2.24) is 0 Å². The molecule has 2 aromatic carbocycles. The molecule has 206 valence electrons. The van der Waals surface area contributed by atoms with Gasteiger partial charge in [0, 0.05) is 18.3 Å². The maximum absolute atomic E-state index is 5.07. The van der Waals surface area contributed by atoms with Crippen LogP contribution in [0.4, 0.5) is 11.4 Å². The van der Waals surface area contributed by atoms with E-state index in [9.17, 15) is 0 Å². The number of rotatable bonds is 12. The lowest BCUT2D eigenvalue weighted by Crippen LogP contribution is -2.03. The molecule has 2 fully saturated rings. The summed E-state index contributed by atoms with van der Waals surface area (Å²) in [6, 6.07) is 9.77. The van der Waals surface area contributed by atoms with E-state index in [0.29, 0.717) is 5.92 Å². The Morgan fingerprint density at radius 1 is 0.605 bits per heavy atom. The zero-order valence-corrected chi connectivity index (χ0v) is 25.0. The van der Waals surface area contributed by atoms with Crippen molar-refractivity contribution in [2.24, 2.45) is 21.8 Å². The van der Waals surface area contributed by atoms with Crippen LogP contribution in [0.15, 0.2) is 34.3 Å². The van der Waals surface area contributed by atoms with Crippen molar-refractivity contribution >= 4 is 23.8 Å². The van der Waals surface area contributed by atoms with Gasteiger partial charge in [0.2, 0.25) is 0 Å². The van der Waals surface area contributed by atoms with Crippen molar-refractivity contribution in [3.05, 3.63) is 57.6 Å². The molecule has 2 saturated carbocycles. The summed E-state index contributed by atoms with van der Waals surface area (Å²) in [4.78, 5) is 10.1. The summed E-state index contributed by atoms with van der Waals surface area (Å²) in [5, 5.41) is 0. The number of hydrogen-bond donors (Lipinski definition) is 0. The van der Waals surface area contributed by atoms with E-state index in [2.05, 4.69) is 71.3 Å². The first-order valence-electron chi connectivity index (χ1n) is 15.9. The second kappa shape index (κ2) is 14.2. The Balaban J connectivity index is 1.59. The van der Waals surface area contributed by atoms with E-state index < -0.39 is 0 Å². The van der Waals surface area contributed by atoms with Crippen LogP contribution in [0.2, 0.25) is 0 Å². The summed E-state index contributed by atoms with van der Waals surface area (Å²) < 4.78 is 0. The predicted molar refractivity (Wildman–Crippen MR) is 167 cm³/mol. The van der Waals surface area contributed by atoms with Crippen molar-refractivity contribution in [2.45, 2.75) is 130 Å². The zero-order chi connectivity index (χ0) is 26.9. The van der Waals surface area contributed by atoms with Gasteiger partial charge < -0.3 is 0 Å². The second-order valence-corrected chi connectivity index (χ2v) is 11.9. The number of hydrogen-bond acceptors (Lipinski definition) is 2. The summed E-state index contributed by atoms with van der Waals surface area (Å²) in [6.07, 6.45) is 22.0. The molecule has 38 heavy (non-hydrogen) atoms. The summed E-state index contributed by atoms with van der Waals surface area (Å²) in [5.74, 6) is 2.06. The van der Waals surface area contributed by atoms with Gasteiger partial charge in [-0.15, -0.1) is 0 Å². The fourth-order valence-corrected chi connectivity index (χ4v) is 6.75. The van der Waals surface area contributed by atoms with Gasteiger partial charge in [0.1, 0.15) is 0 Å². The van der Waals surface area contributed by atoms with Crippen molar-refractivity contribution in [2.75, 3.05) is 0 Å². The lowest BCUT2D eigenvalue weighted by atomic mass is 9.86. The van der Waals surface area contributed by atoms with Crippen LogP contribution in [0, 0.1) is 11.8 Å². The molecule has 2 aliphatic rings. The van der Waals surface area contributed by atoms with Gasteiger partial charge in [0.25, 0.3) is 0 Å². The van der Waals surface area contributed by atoms with E-state index in [-0.39, 0.29) is 0 Å². The Morgan fingerprint density at radius 2 is 0.921 bits per heavy atom. The molecule has 0 spiro atoms. The minimum atomic E-state index is 0.356. The van der Waals surface area contributed by atoms with Crippen molar-refractivity contribution < 1.29 is 0 Å². The largest absolute Gasteiger partial charge is 0.261 e. The van der Waals surface area contributed by atoms with Crippen LogP contribution in [0.1, 0.15) is 138 Å². The molecule has 4 rings (SSSR count). The highest BCUT2D eigenvalue weighted by molar-refractivity contribution is 5.69. The highest BCUT2D eigenvalue weighted by Gasteiger charge is 2.18. The first-order chi connectivity index (χ1) is 18.6. The van der Waals surface area contributed by atoms with E-state index in [1.807, 2.05) is 0 Å². The Bertz CT molecular complexity index is 959. The Labute approximate surface area is 233 Å². The van der Waals surface area contributed by atoms with Crippen LogP contribution in [0.25, 0.3) is 0 Å². The summed E-state index contributed by atoms with van der Waals surface area (Å²) >= 11 is 0. The lowest BCUT2D eigenvalue weighted by Gasteiger charge is -2.20. The Kier molecular flexibility index (Phi) is 10.8. The molecule has 0 unspecified atom stereocenters. The topological polar surface area (TPSA) is 24.7 Å². The predicted octanol–water partition coefficient (Wildman–Crippen LogP) is 10.7. The van der Waals surface area contributed by atoms with Crippen molar-refractivity contribution in [1.29, 1.82) is 0 Å². The molecule has 0 atom stereocenters. The average molecular weight is 513 g/mol. The molecule has 0 amide bonds. The average Bonchev–Trinajstić information content (AvgIpc) is 3.67. The standard InChI is InChI=1S/C36H52N2/c1-6-29-22-33(23-30(7-2)35(29)37-20-18-27-14-10-11-15-27)26(5)34-24-31(8-3)36(32(9-4)25-34)38-21-19-28-16-12-13-17-28/h20-28H,6-19H2,1-5H3. The van der Waals surface area contributed by atoms with E-state index >= 15 is 0 Å². The quantitative estimate of drug-likeness (QED) is 0.253. The SMILES string of the molecule is CCc1cc(C(C)c2cc(CC)c(N=CCC3CCCC3)c(CC)c2)cc(CC)c1N=CCC1CCCC1. The van der Waals surface area contributed by atoms with Crippen LogP contribution in [0.3, 0.4) is 0 Å². The molecular formula is C36H52N2. The molecule has 0 aliphatic heterocycles. The second-order valence-electron chi connectivity index (χ2n) is 11.9. The molecule has 2 aromatic rings. The highest BCUT2D eigenvalue weighted by atomic mass is 14.7. The highest BCUT2D eigenvalue weighted by Crippen LogP contribution is 2.37. The van der Waals surface area contributed by atoms with Gasteiger partial charge in [-0.05, 0) is 83.7 Å². The first kappa shape index (κ1) is 28.8. The molecule has 0 saturated heterocycles. The first-order valence-corrected chi connectivity index (χ1v) is 15.9. The third kappa shape index (κ3) is 7.04. The molecule has 2 aliphatic carbocycles. The number of aryl methyl sites for hydroxylation is 4. The third-order valence-electron chi connectivity index (χ3n) is 9.37. The van der Waals surface area contributed by atoms with E-state index in [1.54, 1.807) is 0 Å². The van der Waals surface area contributed by atoms with Gasteiger partial charge in [0.05, 0.1) is 11.4 Å². The van der Waals surface area contributed by atoms with Crippen molar-refractivity contribution in [3.63, 3.8) is 0 Å². The van der Waals surface area contributed by atoms with Crippen LogP contribution >= 0.6 is 0 Å². The Morgan fingerprint density at radius 3 is 1.21 bits per heavy atom. The fourth-order valence-electron chi connectivity index (χ4n) is 6.75. The summed E-state index contributed by atoms with van der Waals surface area (Å²) in [7, 11) is 0. The summed E-state index contributed by atoms with van der Waals surface area (Å²) in [6.45, 7) is 11.5. The maximum atomic E-state index is 5.07. The molecule has 0 aromatic heterocycles. The molecule has 0 heterocycles. The Hall–Kier alpha value is -2.22. The zero-order valence-electron chi connectivity index (χ0n) is 25.0. The van der Waals surface area contributed by atoms with Crippen LogP contribution in [-0.2, 0) is 25.7 Å². The lowest BCUT2D eigenvalue weighted by molar-refractivity contribution is 0.577. The number of benzene rings is 2. The minimum Gasteiger partial charge on any atom is -0.261 e. The van der Waals surface area contributed by atoms with Gasteiger partial charge >= 0.3 is 0 Å². The molecule has 2 heteroatoms. The molecule has 0 radical (unpaired) electrons. The van der Waals surface area contributed by atoms with Gasteiger partial charge in [0.15, 0.2) is 0 Å². The van der Waals surface area contributed by atoms with Crippen LogP contribution in [-0.4, -0.2) is 12.4 Å². The van der Waals surface area contributed by atoms with Gasteiger partial charge in [-0.3, -0.25) is 9.98 Å². The van der Waals surface area contributed by atoms with Crippen LogP contribution in [0.5, 0.6) is 0 Å². The molecule has 0 N–H and O–H groups in total. The maximum Gasteiger partial charge on any atom is 0.0689 e. The van der Waals surface area contributed by atoms with Gasteiger partial charge in [-0.2, -0.15) is 0 Å². The van der Waals surface area contributed by atoms with Gasteiger partial charge in [-0.25, -0.2) is 0 Å². The van der Waals surface area contributed by atoms with Crippen molar-refractivity contribution in [3.8, 4) is 0 Å². The smallest absolute Gasteiger partial charge is 0.0689 e.